The van der Waals surface area contributed by atoms with Crippen LogP contribution in [0.3, 0.4) is 0 Å². The van der Waals surface area contributed by atoms with E-state index in [1.54, 1.807) is 11.8 Å². The Morgan fingerprint density at radius 3 is 2.54 bits per heavy atom. The van der Waals surface area contributed by atoms with E-state index in [1.807, 2.05) is 6.07 Å². The van der Waals surface area contributed by atoms with E-state index in [9.17, 15) is 0 Å². The van der Waals surface area contributed by atoms with Crippen LogP contribution in [0.15, 0.2) is 52.3 Å². The molecule has 0 amide bonds. The van der Waals surface area contributed by atoms with Gasteiger partial charge < -0.3 is 15.5 Å². The first-order valence-electron chi connectivity index (χ1n) is 8.90. The number of benzene rings is 2. The monoisotopic (exact) mass is 388 g/mol. The van der Waals surface area contributed by atoms with Crippen LogP contribution < -0.4 is 10.6 Å². The number of para-hydroxylation sites is 1. The first-order chi connectivity index (χ1) is 12.1. The number of likely N-dealkylation sites (tertiary alicyclic amines) is 1. The summed E-state index contributed by atoms with van der Waals surface area (Å²) in [5, 5.41) is 7.80. The molecule has 3 N–H and O–H groups in total. The number of amidine groups is 1. The largest absolute Gasteiger partial charge is 0.384 e. The lowest BCUT2D eigenvalue weighted by Crippen LogP contribution is -2.40. The quantitative estimate of drug-likeness (QED) is 0.599. The summed E-state index contributed by atoms with van der Waals surface area (Å²) in [5.41, 5.74) is 8.96. The topological polar surface area (TPSA) is 56.4 Å². The number of nitrogens with one attached hydrogen (secondary N) is 1. The van der Waals surface area contributed by atoms with Gasteiger partial charge in [-0.3, -0.25) is 5.41 Å². The zero-order valence-corrected chi connectivity index (χ0v) is 16.6. The number of halogens is 1. The van der Waals surface area contributed by atoms with Gasteiger partial charge in [0.1, 0.15) is 5.84 Å². The summed E-state index contributed by atoms with van der Waals surface area (Å²) >= 11 is 1.80. The highest BCUT2D eigenvalue weighted by atomic mass is 35.5. The Hall–Kier alpha value is -1.69. The molecule has 0 aliphatic carbocycles. The lowest BCUT2D eigenvalue weighted by molar-refractivity contribution is 0.319. The van der Waals surface area contributed by atoms with Crippen LogP contribution >= 0.6 is 24.2 Å². The van der Waals surface area contributed by atoms with Crippen molar-refractivity contribution in [1.29, 1.82) is 5.41 Å². The molecule has 4 rings (SSSR count). The highest BCUT2D eigenvalue weighted by Crippen LogP contribution is 2.49. The van der Waals surface area contributed by atoms with Crippen molar-refractivity contribution in [2.24, 2.45) is 5.73 Å². The second-order valence-corrected chi connectivity index (χ2v) is 7.98. The van der Waals surface area contributed by atoms with Gasteiger partial charge in [-0.25, -0.2) is 0 Å². The first kappa shape index (κ1) is 19.1. The number of hydrogen-bond acceptors (Lipinski definition) is 4. The first-order valence-corrected chi connectivity index (χ1v) is 9.72. The summed E-state index contributed by atoms with van der Waals surface area (Å²) in [6.45, 7) is 5.77. The fourth-order valence-corrected chi connectivity index (χ4v) is 4.90. The van der Waals surface area contributed by atoms with Gasteiger partial charge in [0.25, 0.3) is 0 Å². The molecule has 2 aromatic carbocycles. The van der Waals surface area contributed by atoms with E-state index < -0.39 is 0 Å². The number of hydrogen-bond donors (Lipinski definition) is 2. The van der Waals surface area contributed by atoms with Crippen molar-refractivity contribution in [3.8, 4) is 0 Å². The van der Waals surface area contributed by atoms with Crippen LogP contribution in [0, 0.1) is 5.41 Å². The molecule has 26 heavy (non-hydrogen) atoms. The minimum absolute atomic E-state index is 0. The summed E-state index contributed by atoms with van der Waals surface area (Å²) in [4.78, 5) is 7.52. The number of anilines is 2. The Kier molecular flexibility index (Phi) is 5.80. The molecule has 1 atom stereocenters. The third kappa shape index (κ3) is 3.56. The van der Waals surface area contributed by atoms with Crippen LogP contribution in [0.4, 0.5) is 11.4 Å². The van der Waals surface area contributed by atoms with Gasteiger partial charge in [0.15, 0.2) is 0 Å². The molecule has 6 heteroatoms. The maximum Gasteiger partial charge on any atom is 0.122 e. The van der Waals surface area contributed by atoms with Crippen LogP contribution in [0.25, 0.3) is 0 Å². The molecular formula is C20H25ClN4S. The Morgan fingerprint density at radius 1 is 1.12 bits per heavy atom. The fourth-order valence-electron chi connectivity index (χ4n) is 3.85. The minimum Gasteiger partial charge on any atom is -0.384 e. The Labute approximate surface area is 165 Å². The van der Waals surface area contributed by atoms with Crippen LogP contribution in [-0.2, 0) is 0 Å². The van der Waals surface area contributed by atoms with Crippen molar-refractivity contribution in [2.75, 3.05) is 24.5 Å². The van der Waals surface area contributed by atoms with Crippen molar-refractivity contribution >= 4 is 41.4 Å². The average molecular weight is 389 g/mol. The van der Waals surface area contributed by atoms with Crippen molar-refractivity contribution in [2.45, 2.75) is 35.6 Å². The highest BCUT2D eigenvalue weighted by molar-refractivity contribution is 7.99. The second kappa shape index (κ2) is 7.91. The Balaban J connectivity index is 0.00000196. The van der Waals surface area contributed by atoms with Crippen LogP contribution in [-0.4, -0.2) is 36.4 Å². The highest BCUT2D eigenvalue weighted by Gasteiger charge is 2.29. The number of rotatable bonds is 4. The lowest BCUT2D eigenvalue weighted by atomic mass is 10.1. The predicted octanol–water partition coefficient (Wildman–Crippen LogP) is 4.48. The summed E-state index contributed by atoms with van der Waals surface area (Å²) in [6, 6.07) is 15.1. The lowest BCUT2D eigenvalue weighted by Gasteiger charge is -2.39. The third-order valence-corrected chi connectivity index (χ3v) is 6.17. The summed E-state index contributed by atoms with van der Waals surface area (Å²) < 4.78 is 0. The van der Waals surface area contributed by atoms with Gasteiger partial charge in [0, 0.05) is 27.9 Å². The molecule has 2 aromatic rings. The maximum absolute atomic E-state index is 7.80. The average Bonchev–Trinajstić information content (AvgIpc) is 3.11. The van der Waals surface area contributed by atoms with Gasteiger partial charge >= 0.3 is 0 Å². The summed E-state index contributed by atoms with van der Waals surface area (Å²) in [5.74, 6) is 0.124. The molecule has 0 aromatic heterocycles. The van der Waals surface area contributed by atoms with E-state index in [0.717, 1.165) is 12.1 Å². The zero-order chi connectivity index (χ0) is 17.4. The van der Waals surface area contributed by atoms with Gasteiger partial charge in [0.2, 0.25) is 0 Å². The number of nitrogens with zero attached hydrogens (tertiary/aromatic N) is 2. The molecule has 2 aliphatic heterocycles. The van der Waals surface area contributed by atoms with E-state index in [4.69, 9.17) is 11.1 Å². The SMILES string of the molecule is CC(CN1CCCC1)N1c2ccccc2Sc2ccc(C(=N)N)cc21.Cl. The van der Waals surface area contributed by atoms with Crippen molar-refractivity contribution in [1.82, 2.24) is 4.90 Å². The Morgan fingerprint density at radius 2 is 1.81 bits per heavy atom. The van der Waals surface area contributed by atoms with Crippen molar-refractivity contribution < 1.29 is 0 Å². The van der Waals surface area contributed by atoms with Gasteiger partial charge in [-0.2, -0.15) is 0 Å². The van der Waals surface area contributed by atoms with E-state index in [0.29, 0.717) is 6.04 Å². The van der Waals surface area contributed by atoms with Gasteiger partial charge in [-0.15, -0.1) is 12.4 Å². The number of nitrogen functional groups attached to an aromatic ring is 1. The van der Waals surface area contributed by atoms with Crippen molar-refractivity contribution in [3.63, 3.8) is 0 Å². The predicted molar refractivity (Wildman–Crippen MR) is 113 cm³/mol. The normalized spacial score (nSPS) is 17.2. The van der Waals surface area contributed by atoms with Crippen LogP contribution in [0.5, 0.6) is 0 Å². The second-order valence-electron chi connectivity index (χ2n) is 6.89. The molecule has 1 fully saturated rings. The maximum atomic E-state index is 7.80. The molecular weight excluding hydrogens is 364 g/mol. The van der Waals surface area contributed by atoms with Crippen LogP contribution in [0.2, 0.25) is 0 Å². The summed E-state index contributed by atoms with van der Waals surface area (Å²) in [6.07, 6.45) is 2.62. The smallest absolute Gasteiger partial charge is 0.122 e. The van der Waals surface area contributed by atoms with E-state index in [2.05, 4.69) is 53.1 Å². The van der Waals surface area contributed by atoms with E-state index in [1.165, 1.54) is 47.1 Å². The molecule has 1 unspecified atom stereocenters. The molecule has 138 valence electrons. The van der Waals surface area contributed by atoms with E-state index >= 15 is 0 Å². The zero-order valence-electron chi connectivity index (χ0n) is 14.9. The van der Waals surface area contributed by atoms with Gasteiger partial charge in [-0.05, 0) is 57.1 Å². The molecule has 0 spiro atoms. The van der Waals surface area contributed by atoms with E-state index in [-0.39, 0.29) is 18.2 Å². The van der Waals surface area contributed by atoms with Crippen LogP contribution in [0.1, 0.15) is 25.3 Å². The molecule has 4 nitrogen and oxygen atoms in total. The number of nitrogens with two attached hydrogens (primary N) is 1. The summed E-state index contributed by atoms with van der Waals surface area (Å²) in [7, 11) is 0. The molecule has 2 heterocycles. The standard InChI is InChI=1S/C20H24N4S.ClH/c1-14(13-23-10-4-5-11-23)24-16-6-2-3-7-18(16)25-19-9-8-15(20(21)22)12-17(19)24;/h2-3,6-9,12,14H,4-5,10-11,13H2,1H3,(H3,21,22);1H. The Bertz CT molecular complexity index is 804. The molecule has 0 radical (unpaired) electrons. The fraction of sp³-hybridized carbons (Fsp3) is 0.350. The molecule has 2 aliphatic rings. The molecule has 0 bridgehead atoms. The van der Waals surface area contributed by atoms with Gasteiger partial charge in [0.05, 0.1) is 11.4 Å². The molecule has 1 saturated heterocycles. The van der Waals surface area contributed by atoms with Crippen molar-refractivity contribution in [3.05, 3.63) is 48.0 Å². The van der Waals surface area contributed by atoms with Gasteiger partial charge in [-0.1, -0.05) is 30.0 Å². The third-order valence-electron chi connectivity index (χ3n) is 5.04. The number of fused-ring (bicyclic) bond motifs is 2. The minimum atomic E-state index is 0. The molecule has 0 saturated carbocycles.